The minimum Gasteiger partial charge on any atom is -0.494 e. The summed E-state index contributed by atoms with van der Waals surface area (Å²) in [5.41, 5.74) is 14.7. The number of allylic oxidation sites excluding steroid dienone is 1. The number of hydrogen-bond donors (Lipinski definition) is 2. The summed E-state index contributed by atoms with van der Waals surface area (Å²) in [5.74, 6) is 1.11. The number of ether oxygens (including phenoxy) is 1. The SMILES string of the molecule is CC(C)=CCN1CCCc2cc(OCCCCN=C(N)N)ccc21. The van der Waals surface area contributed by atoms with Crippen molar-refractivity contribution in [1.29, 1.82) is 0 Å². The molecule has 0 aliphatic carbocycles. The number of aryl methyl sites for hydroxylation is 1. The summed E-state index contributed by atoms with van der Waals surface area (Å²) in [6.07, 6.45) is 6.49. The lowest BCUT2D eigenvalue weighted by molar-refractivity contribution is 0.307. The number of aliphatic imine (C=N–C) groups is 1. The van der Waals surface area contributed by atoms with Crippen LogP contribution in [0.4, 0.5) is 5.69 Å². The highest BCUT2D eigenvalue weighted by molar-refractivity contribution is 5.75. The zero-order chi connectivity index (χ0) is 17.4. The monoisotopic (exact) mass is 330 g/mol. The molecule has 1 aliphatic heterocycles. The van der Waals surface area contributed by atoms with Crippen LogP contribution in [0.2, 0.25) is 0 Å². The Hall–Kier alpha value is -2.17. The second kappa shape index (κ2) is 9.21. The van der Waals surface area contributed by atoms with Crippen molar-refractivity contribution in [3.63, 3.8) is 0 Å². The largest absolute Gasteiger partial charge is 0.494 e. The Kier molecular flexibility index (Phi) is 6.97. The van der Waals surface area contributed by atoms with E-state index in [4.69, 9.17) is 16.2 Å². The second-order valence-electron chi connectivity index (χ2n) is 6.48. The molecule has 132 valence electrons. The lowest BCUT2D eigenvalue weighted by Crippen LogP contribution is -2.29. The number of fused-ring (bicyclic) bond motifs is 1. The Morgan fingerprint density at radius 2 is 2.12 bits per heavy atom. The molecule has 1 heterocycles. The fourth-order valence-electron chi connectivity index (χ4n) is 2.84. The van der Waals surface area contributed by atoms with Gasteiger partial charge in [0.1, 0.15) is 5.75 Å². The number of anilines is 1. The van der Waals surface area contributed by atoms with E-state index in [1.807, 2.05) is 0 Å². The number of benzene rings is 1. The van der Waals surface area contributed by atoms with Gasteiger partial charge < -0.3 is 21.1 Å². The molecule has 0 bridgehead atoms. The van der Waals surface area contributed by atoms with Crippen molar-refractivity contribution in [3.05, 3.63) is 35.4 Å². The highest BCUT2D eigenvalue weighted by atomic mass is 16.5. The molecule has 5 nitrogen and oxygen atoms in total. The Labute approximate surface area is 145 Å². The molecule has 0 saturated carbocycles. The van der Waals surface area contributed by atoms with E-state index in [1.165, 1.54) is 23.2 Å². The van der Waals surface area contributed by atoms with Gasteiger partial charge in [-0.1, -0.05) is 11.6 Å². The molecular formula is C19H30N4O. The van der Waals surface area contributed by atoms with Gasteiger partial charge >= 0.3 is 0 Å². The number of guanidine groups is 1. The van der Waals surface area contributed by atoms with E-state index in [0.29, 0.717) is 13.2 Å². The molecule has 0 unspecified atom stereocenters. The Morgan fingerprint density at radius 3 is 2.88 bits per heavy atom. The van der Waals surface area contributed by atoms with Crippen molar-refractivity contribution in [2.75, 3.05) is 31.1 Å². The predicted molar refractivity (Wildman–Crippen MR) is 102 cm³/mol. The van der Waals surface area contributed by atoms with Gasteiger partial charge in [-0.2, -0.15) is 0 Å². The quantitative estimate of drug-likeness (QED) is 0.332. The molecule has 4 N–H and O–H groups in total. The molecule has 24 heavy (non-hydrogen) atoms. The van der Waals surface area contributed by atoms with Crippen LogP contribution in [-0.2, 0) is 6.42 Å². The van der Waals surface area contributed by atoms with Crippen molar-refractivity contribution in [2.24, 2.45) is 16.5 Å². The van der Waals surface area contributed by atoms with Crippen molar-refractivity contribution in [3.8, 4) is 5.75 Å². The van der Waals surface area contributed by atoms with E-state index in [-0.39, 0.29) is 5.96 Å². The van der Waals surface area contributed by atoms with Crippen LogP contribution < -0.4 is 21.1 Å². The summed E-state index contributed by atoms with van der Waals surface area (Å²) in [6, 6.07) is 6.47. The van der Waals surface area contributed by atoms with Crippen LogP contribution in [0.15, 0.2) is 34.8 Å². The molecule has 2 rings (SSSR count). The van der Waals surface area contributed by atoms with Gasteiger partial charge in [-0.25, -0.2) is 0 Å². The molecular weight excluding hydrogens is 300 g/mol. The highest BCUT2D eigenvalue weighted by Gasteiger charge is 2.16. The second-order valence-corrected chi connectivity index (χ2v) is 6.48. The molecule has 1 aromatic carbocycles. The molecule has 1 aromatic rings. The van der Waals surface area contributed by atoms with E-state index < -0.39 is 0 Å². The number of nitrogens with zero attached hydrogens (tertiary/aromatic N) is 2. The molecule has 0 spiro atoms. The van der Waals surface area contributed by atoms with Gasteiger partial charge in [-0.3, -0.25) is 4.99 Å². The number of rotatable bonds is 8. The van der Waals surface area contributed by atoms with Crippen LogP contribution in [0, 0.1) is 0 Å². The van der Waals surface area contributed by atoms with Crippen molar-refractivity contribution in [2.45, 2.75) is 39.5 Å². The third-order valence-corrected chi connectivity index (χ3v) is 4.10. The van der Waals surface area contributed by atoms with Crippen molar-refractivity contribution in [1.82, 2.24) is 0 Å². The first-order valence-corrected chi connectivity index (χ1v) is 8.75. The Balaban J connectivity index is 1.86. The molecule has 0 atom stereocenters. The van der Waals surface area contributed by atoms with Crippen molar-refractivity contribution >= 4 is 11.6 Å². The fraction of sp³-hybridized carbons (Fsp3) is 0.526. The van der Waals surface area contributed by atoms with E-state index in [9.17, 15) is 0 Å². The lowest BCUT2D eigenvalue weighted by atomic mass is 10.0. The van der Waals surface area contributed by atoms with E-state index in [1.54, 1.807) is 0 Å². The van der Waals surface area contributed by atoms with E-state index >= 15 is 0 Å². The summed E-state index contributed by atoms with van der Waals surface area (Å²) in [7, 11) is 0. The van der Waals surface area contributed by atoms with Crippen LogP contribution in [-0.4, -0.2) is 32.2 Å². The maximum Gasteiger partial charge on any atom is 0.185 e. The molecule has 0 aromatic heterocycles. The standard InChI is InChI=1S/C19H30N4O/c1-15(2)9-12-23-11-5-6-16-14-17(7-8-18(16)23)24-13-4-3-10-22-19(20)21/h7-9,14H,3-6,10-13H2,1-2H3,(H4,20,21,22). The number of hydrogen-bond acceptors (Lipinski definition) is 3. The summed E-state index contributed by atoms with van der Waals surface area (Å²) >= 11 is 0. The maximum absolute atomic E-state index is 5.87. The Bertz CT molecular complexity index is 587. The zero-order valence-corrected chi connectivity index (χ0v) is 14.9. The van der Waals surface area contributed by atoms with E-state index in [0.717, 1.165) is 38.1 Å². The number of unbranched alkanes of at least 4 members (excludes halogenated alkanes) is 1. The first-order chi connectivity index (χ1) is 11.6. The van der Waals surface area contributed by atoms with Gasteiger partial charge in [0.25, 0.3) is 0 Å². The lowest BCUT2D eigenvalue weighted by Gasteiger charge is -2.31. The van der Waals surface area contributed by atoms with Crippen LogP contribution in [0.5, 0.6) is 5.75 Å². The predicted octanol–water partition coefficient (Wildman–Crippen LogP) is 2.84. The minimum absolute atomic E-state index is 0.156. The van der Waals surface area contributed by atoms with Gasteiger partial charge in [0.05, 0.1) is 6.61 Å². The molecule has 1 aliphatic rings. The molecule has 0 saturated heterocycles. The van der Waals surface area contributed by atoms with Gasteiger partial charge in [0.15, 0.2) is 5.96 Å². The first kappa shape index (κ1) is 18.2. The van der Waals surface area contributed by atoms with Gasteiger partial charge in [-0.05, 0) is 63.3 Å². The molecule has 0 amide bonds. The average molecular weight is 330 g/mol. The highest BCUT2D eigenvalue weighted by Crippen LogP contribution is 2.30. The normalized spacial score (nSPS) is 13.2. The van der Waals surface area contributed by atoms with Gasteiger partial charge in [0.2, 0.25) is 0 Å². The first-order valence-electron chi connectivity index (χ1n) is 8.75. The van der Waals surface area contributed by atoms with Crippen molar-refractivity contribution < 1.29 is 4.74 Å². The number of nitrogens with two attached hydrogens (primary N) is 2. The van der Waals surface area contributed by atoms with Crippen LogP contribution in [0.1, 0.15) is 38.7 Å². The maximum atomic E-state index is 5.87. The summed E-state index contributed by atoms with van der Waals surface area (Å²) in [5, 5.41) is 0. The minimum atomic E-state index is 0.156. The summed E-state index contributed by atoms with van der Waals surface area (Å²) in [4.78, 5) is 6.42. The van der Waals surface area contributed by atoms with E-state index in [2.05, 4.69) is 48.0 Å². The van der Waals surface area contributed by atoms with Gasteiger partial charge in [0, 0.05) is 25.3 Å². The Morgan fingerprint density at radius 1 is 1.29 bits per heavy atom. The van der Waals surface area contributed by atoms with Gasteiger partial charge in [-0.15, -0.1) is 0 Å². The van der Waals surface area contributed by atoms with Crippen LogP contribution in [0.25, 0.3) is 0 Å². The fourth-order valence-corrected chi connectivity index (χ4v) is 2.84. The zero-order valence-electron chi connectivity index (χ0n) is 14.9. The summed E-state index contributed by atoms with van der Waals surface area (Å²) in [6.45, 7) is 7.77. The third kappa shape index (κ3) is 5.80. The summed E-state index contributed by atoms with van der Waals surface area (Å²) < 4.78 is 5.87. The van der Waals surface area contributed by atoms with Crippen LogP contribution in [0.3, 0.4) is 0 Å². The van der Waals surface area contributed by atoms with Crippen LogP contribution >= 0.6 is 0 Å². The third-order valence-electron chi connectivity index (χ3n) is 4.10. The molecule has 5 heteroatoms. The smallest absolute Gasteiger partial charge is 0.185 e. The average Bonchev–Trinajstić information content (AvgIpc) is 2.55. The topological polar surface area (TPSA) is 76.9 Å². The molecule has 0 radical (unpaired) electrons. The molecule has 0 fully saturated rings.